The Bertz CT molecular complexity index is 540. The third kappa shape index (κ3) is 3.43. The van der Waals surface area contributed by atoms with Gasteiger partial charge in [-0.25, -0.2) is 12.8 Å². The van der Waals surface area contributed by atoms with E-state index in [0.717, 1.165) is 18.4 Å². The predicted octanol–water partition coefficient (Wildman–Crippen LogP) is 2.36. The summed E-state index contributed by atoms with van der Waals surface area (Å²) in [6.45, 7) is 0. The topological polar surface area (TPSA) is 51.2 Å². The van der Waals surface area contributed by atoms with Crippen molar-refractivity contribution in [1.29, 1.82) is 0 Å². The van der Waals surface area contributed by atoms with Crippen LogP contribution in [0.1, 0.15) is 10.4 Å². The van der Waals surface area contributed by atoms with Crippen molar-refractivity contribution in [3.05, 3.63) is 33.6 Å². The minimum atomic E-state index is -3.47. The summed E-state index contributed by atoms with van der Waals surface area (Å²) in [5.41, 5.74) is -0.186. The van der Waals surface area contributed by atoms with Gasteiger partial charge in [0.1, 0.15) is 11.6 Å². The molecular formula is C9H7Cl2FO3S. The van der Waals surface area contributed by atoms with E-state index in [2.05, 4.69) is 0 Å². The molecule has 0 aromatic heterocycles. The molecule has 0 spiro atoms. The SMILES string of the molecule is CS(=O)(=O)CC(=O)c1cc(F)c(Cl)cc1Cl. The van der Waals surface area contributed by atoms with Gasteiger partial charge in [0.15, 0.2) is 15.6 Å². The number of Topliss-reactive ketones (excluding diaryl/α,β-unsaturated/α-hetero) is 1. The fourth-order valence-corrected chi connectivity index (χ4v) is 2.17. The van der Waals surface area contributed by atoms with E-state index in [1.54, 1.807) is 0 Å². The van der Waals surface area contributed by atoms with Gasteiger partial charge in [-0.1, -0.05) is 23.2 Å². The van der Waals surface area contributed by atoms with Gasteiger partial charge in [0.25, 0.3) is 0 Å². The number of sulfone groups is 1. The van der Waals surface area contributed by atoms with E-state index in [1.807, 2.05) is 0 Å². The molecule has 0 amide bonds. The zero-order chi connectivity index (χ0) is 12.5. The highest BCUT2D eigenvalue weighted by atomic mass is 35.5. The molecule has 3 nitrogen and oxygen atoms in total. The van der Waals surface area contributed by atoms with E-state index < -0.39 is 27.2 Å². The lowest BCUT2D eigenvalue weighted by molar-refractivity contribution is 0.102. The summed E-state index contributed by atoms with van der Waals surface area (Å²) in [6, 6.07) is 1.89. The third-order valence-corrected chi connectivity index (χ3v) is 3.09. The van der Waals surface area contributed by atoms with Gasteiger partial charge in [0, 0.05) is 11.8 Å². The van der Waals surface area contributed by atoms with Crippen LogP contribution in [0.15, 0.2) is 12.1 Å². The fourth-order valence-electron chi connectivity index (χ4n) is 1.05. The van der Waals surface area contributed by atoms with Crippen molar-refractivity contribution < 1.29 is 17.6 Å². The van der Waals surface area contributed by atoms with Crippen LogP contribution in [0.2, 0.25) is 10.0 Å². The predicted molar refractivity (Wildman–Crippen MR) is 60.5 cm³/mol. The average Bonchev–Trinajstić information content (AvgIpc) is 2.08. The molecule has 1 rings (SSSR count). The van der Waals surface area contributed by atoms with E-state index in [0.29, 0.717) is 0 Å². The quantitative estimate of drug-likeness (QED) is 0.632. The lowest BCUT2D eigenvalue weighted by Crippen LogP contribution is -2.15. The highest BCUT2D eigenvalue weighted by molar-refractivity contribution is 7.91. The van der Waals surface area contributed by atoms with E-state index in [9.17, 15) is 17.6 Å². The Morgan fingerprint density at radius 1 is 1.31 bits per heavy atom. The Morgan fingerprint density at radius 3 is 2.38 bits per heavy atom. The minimum Gasteiger partial charge on any atom is -0.293 e. The lowest BCUT2D eigenvalue weighted by atomic mass is 10.1. The summed E-state index contributed by atoms with van der Waals surface area (Å²) in [4.78, 5) is 11.5. The van der Waals surface area contributed by atoms with Gasteiger partial charge in [-0.15, -0.1) is 0 Å². The summed E-state index contributed by atoms with van der Waals surface area (Å²) < 4.78 is 34.8. The maximum Gasteiger partial charge on any atom is 0.179 e. The van der Waals surface area contributed by atoms with Crippen molar-refractivity contribution in [3.8, 4) is 0 Å². The number of hydrogen-bond donors (Lipinski definition) is 0. The van der Waals surface area contributed by atoms with Crippen LogP contribution in [0.4, 0.5) is 4.39 Å². The highest BCUT2D eigenvalue weighted by Crippen LogP contribution is 2.24. The van der Waals surface area contributed by atoms with Gasteiger partial charge in [-0.2, -0.15) is 0 Å². The van der Waals surface area contributed by atoms with Crippen LogP contribution < -0.4 is 0 Å². The Labute approximate surface area is 102 Å². The molecule has 7 heteroatoms. The minimum absolute atomic E-state index is 0.0694. The summed E-state index contributed by atoms with van der Waals surface area (Å²) in [5, 5.41) is -0.291. The van der Waals surface area contributed by atoms with E-state index in [4.69, 9.17) is 23.2 Å². The molecule has 0 N–H and O–H groups in total. The second kappa shape index (κ2) is 4.69. The number of carbonyl (C=O) groups is 1. The standard InChI is InChI=1S/C9H7Cl2FO3S/c1-16(14,15)4-9(13)5-2-8(12)7(11)3-6(5)10/h2-3H,4H2,1H3. The Balaban J connectivity index is 3.15. The normalized spacial score (nSPS) is 11.5. The third-order valence-electron chi connectivity index (χ3n) is 1.70. The molecule has 1 aromatic carbocycles. The van der Waals surface area contributed by atoms with Gasteiger partial charge in [0.2, 0.25) is 0 Å². The van der Waals surface area contributed by atoms with E-state index in [-0.39, 0.29) is 15.6 Å². The molecule has 0 fully saturated rings. The molecule has 0 bridgehead atoms. The van der Waals surface area contributed by atoms with Gasteiger partial charge < -0.3 is 0 Å². The van der Waals surface area contributed by atoms with Crippen LogP contribution in [0, 0.1) is 5.82 Å². The van der Waals surface area contributed by atoms with Crippen LogP contribution >= 0.6 is 23.2 Å². The number of hydrogen-bond acceptors (Lipinski definition) is 3. The molecular weight excluding hydrogens is 278 g/mol. The van der Waals surface area contributed by atoms with Gasteiger partial charge >= 0.3 is 0 Å². The van der Waals surface area contributed by atoms with Crippen LogP contribution in [0.3, 0.4) is 0 Å². The van der Waals surface area contributed by atoms with Crippen LogP contribution in [0.5, 0.6) is 0 Å². The van der Waals surface area contributed by atoms with Gasteiger partial charge in [-0.3, -0.25) is 4.79 Å². The maximum atomic E-state index is 13.1. The van der Waals surface area contributed by atoms with Crippen LogP contribution in [-0.2, 0) is 9.84 Å². The zero-order valence-corrected chi connectivity index (χ0v) is 10.5. The van der Waals surface area contributed by atoms with Crippen molar-refractivity contribution in [2.75, 3.05) is 12.0 Å². The number of carbonyl (C=O) groups excluding carboxylic acids is 1. The lowest BCUT2D eigenvalue weighted by Gasteiger charge is -2.04. The molecule has 0 heterocycles. The monoisotopic (exact) mass is 284 g/mol. The van der Waals surface area contributed by atoms with Gasteiger partial charge in [0.05, 0.1) is 10.0 Å². The van der Waals surface area contributed by atoms with Crippen LogP contribution in [-0.4, -0.2) is 26.2 Å². The largest absolute Gasteiger partial charge is 0.293 e. The molecule has 0 saturated heterocycles. The molecule has 0 aliphatic heterocycles. The van der Waals surface area contributed by atoms with Crippen molar-refractivity contribution >= 4 is 38.8 Å². The van der Waals surface area contributed by atoms with Crippen LogP contribution in [0.25, 0.3) is 0 Å². The number of rotatable bonds is 3. The molecule has 1 aromatic rings. The molecule has 0 aliphatic rings. The molecule has 0 unspecified atom stereocenters. The van der Waals surface area contributed by atoms with Crippen molar-refractivity contribution in [3.63, 3.8) is 0 Å². The molecule has 88 valence electrons. The summed E-state index contributed by atoms with van der Waals surface area (Å²) in [6.07, 6.45) is 0.908. The average molecular weight is 285 g/mol. The highest BCUT2D eigenvalue weighted by Gasteiger charge is 2.18. The Kier molecular flexibility index (Phi) is 3.93. The first kappa shape index (κ1) is 13.4. The van der Waals surface area contributed by atoms with E-state index >= 15 is 0 Å². The van der Waals surface area contributed by atoms with Crippen molar-refractivity contribution in [2.24, 2.45) is 0 Å². The molecule has 0 saturated carbocycles. The Hall–Kier alpha value is -0.650. The second-order valence-corrected chi connectivity index (χ2v) is 6.19. The van der Waals surface area contributed by atoms with Gasteiger partial charge in [-0.05, 0) is 12.1 Å². The summed E-state index contributed by atoms with van der Waals surface area (Å²) >= 11 is 11.1. The molecule has 0 radical (unpaired) electrons. The molecule has 0 atom stereocenters. The maximum absolute atomic E-state index is 13.1. The van der Waals surface area contributed by atoms with Crippen molar-refractivity contribution in [2.45, 2.75) is 0 Å². The molecule has 16 heavy (non-hydrogen) atoms. The Morgan fingerprint density at radius 2 is 1.88 bits per heavy atom. The molecule has 0 aliphatic carbocycles. The number of ketones is 1. The number of halogens is 3. The first-order valence-electron chi connectivity index (χ1n) is 4.06. The van der Waals surface area contributed by atoms with Crippen molar-refractivity contribution in [1.82, 2.24) is 0 Å². The fraction of sp³-hybridized carbons (Fsp3) is 0.222. The summed E-state index contributed by atoms with van der Waals surface area (Å²) in [7, 11) is -3.47. The summed E-state index contributed by atoms with van der Waals surface area (Å²) in [5.74, 6) is -2.29. The zero-order valence-electron chi connectivity index (χ0n) is 8.13. The number of benzene rings is 1. The smallest absolute Gasteiger partial charge is 0.179 e. The van der Waals surface area contributed by atoms with E-state index in [1.165, 1.54) is 0 Å². The first-order valence-corrected chi connectivity index (χ1v) is 6.88. The second-order valence-electron chi connectivity index (χ2n) is 3.24. The first-order chi connectivity index (χ1) is 7.20.